The smallest absolute Gasteiger partial charge is 0.287 e. The van der Waals surface area contributed by atoms with E-state index >= 15 is 0 Å². The van der Waals surface area contributed by atoms with Gasteiger partial charge in [-0.2, -0.15) is 13.2 Å². The predicted octanol–water partition coefficient (Wildman–Crippen LogP) is 4.47. The summed E-state index contributed by atoms with van der Waals surface area (Å²) in [6.07, 6.45) is -4.58. The second-order valence-electron chi connectivity index (χ2n) is 6.59. The van der Waals surface area contributed by atoms with Crippen LogP contribution in [0.1, 0.15) is 25.5 Å². The van der Waals surface area contributed by atoms with E-state index in [1.807, 2.05) is 0 Å². The summed E-state index contributed by atoms with van der Waals surface area (Å²) in [5.74, 6) is -0.436. The summed E-state index contributed by atoms with van der Waals surface area (Å²) in [6.45, 7) is 3.16. The first-order chi connectivity index (χ1) is 11.1. The molecule has 7 heteroatoms. The van der Waals surface area contributed by atoms with Crippen molar-refractivity contribution in [2.75, 3.05) is 6.54 Å². The summed E-state index contributed by atoms with van der Waals surface area (Å²) in [6, 6.07) is 7.97. The van der Waals surface area contributed by atoms with Crippen molar-refractivity contribution in [1.29, 1.82) is 0 Å². The van der Waals surface area contributed by atoms with Gasteiger partial charge in [0.05, 0.1) is 10.4 Å². The lowest BCUT2D eigenvalue weighted by molar-refractivity contribution is -0.191. The molecule has 0 aromatic heterocycles. The van der Waals surface area contributed by atoms with Crippen LogP contribution in [-0.2, 0) is 4.79 Å². The third-order valence-corrected chi connectivity index (χ3v) is 4.66. The number of halogens is 4. The van der Waals surface area contributed by atoms with Crippen LogP contribution in [0.25, 0.3) is 10.8 Å². The Balaban J connectivity index is 2.12. The average Bonchev–Trinajstić information content (AvgIpc) is 2.74. The number of benzene rings is 2. The summed E-state index contributed by atoms with van der Waals surface area (Å²) in [5, 5.41) is 2.29. The molecular formula is C17H16ClF3N2O. The first-order valence-electron chi connectivity index (χ1n) is 7.43. The minimum absolute atomic E-state index is 0.0504. The van der Waals surface area contributed by atoms with Gasteiger partial charge in [-0.1, -0.05) is 48.0 Å². The lowest BCUT2D eigenvalue weighted by Gasteiger charge is -2.30. The summed E-state index contributed by atoms with van der Waals surface area (Å²) in [4.78, 5) is 11.9. The fraction of sp³-hybridized carbons (Fsp3) is 0.353. The van der Waals surface area contributed by atoms with Crippen molar-refractivity contribution >= 4 is 28.3 Å². The fourth-order valence-electron chi connectivity index (χ4n) is 2.96. The molecule has 0 saturated carbocycles. The topological polar surface area (TPSA) is 32.3 Å². The minimum Gasteiger partial charge on any atom is -0.287 e. The van der Waals surface area contributed by atoms with Crippen molar-refractivity contribution in [3.05, 3.63) is 47.0 Å². The zero-order chi connectivity index (χ0) is 17.7. The first-order valence-corrected chi connectivity index (χ1v) is 7.80. The Labute approximate surface area is 142 Å². The van der Waals surface area contributed by atoms with Gasteiger partial charge in [-0.25, -0.2) is 5.01 Å². The number of carbonyl (C=O) groups is 1. The summed E-state index contributed by atoms with van der Waals surface area (Å²) in [7, 11) is 0. The number of hydrogen-bond donors (Lipinski definition) is 1. The van der Waals surface area contributed by atoms with Crippen LogP contribution >= 0.6 is 11.6 Å². The van der Waals surface area contributed by atoms with Gasteiger partial charge in [-0.05, 0) is 24.8 Å². The molecular weight excluding hydrogens is 341 g/mol. The van der Waals surface area contributed by atoms with Gasteiger partial charge in [0.15, 0.2) is 6.04 Å². The molecule has 0 aliphatic carbocycles. The molecule has 1 fully saturated rings. The Morgan fingerprint density at radius 3 is 2.46 bits per heavy atom. The molecule has 3 rings (SSSR count). The first kappa shape index (κ1) is 17.0. The average molecular weight is 357 g/mol. The molecule has 1 aliphatic heterocycles. The number of amides is 1. The molecule has 1 aliphatic rings. The number of nitrogens with zero attached hydrogens (tertiary/aromatic N) is 1. The Bertz CT molecular complexity index is 804. The highest BCUT2D eigenvalue weighted by molar-refractivity contribution is 6.36. The standard InChI is InChI=1S/C17H16ClF3N2O/c1-16(2)9-23(22-15(16)24)14(17(19,20)21)12-8-7-10-5-3-4-6-11(10)13(12)18/h3-8,14H,9H2,1-2H3,(H,22,24)/t14-/m0/s1. The third-order valence-electron chi connectivity index (χ3n) is 4.23. The van der Waals surface area contributed by atoms with E-state index in [1.54, 1.807) is 44.2 Å². The monoisotopic (exact) mass is 356 g/mol. The van der Waals surface area contributed by atoms with Gasteiger partial charge >= 0.3 is 6.18 Å². The molecule has 1 N–H and O–H groups in total. The van der Waals surface area contributed by atoms with Crippen molar-refractivity contribution in [1.82, 2.24) is 10.4 Å². The quantitative estimate of drug-likeness (QED) is 0.861. The molecule has 0 bridgehead atoms. The Kier molecular flexibility index (Phi) is 4.00. The van der Waals surface area contributed by atoms with Crippen LogP contribution in [0.4, 0.5) is 13.2 Å². The van der Waals surface area contributed by atoms with Gasteiger partial charge in [-0.3, -0.25) is 10.2 Å². The predicted molar refractivity (Wildman–Crippen MR) is 86.4 cm³/mol. The van der Waals surface area contributed by atoms with Gasteiger partial charge in [-0.15, -0.1) is 0 Å². The molecule has 1 atom stereocenters. The SMILES string of the molecule is CC1(C)CN([C@@H](c2ccc3ccccc3c2Cl)C(F)(F)F)NC1=O. The van der Waals surface area contributed by atoms with Gasteiger partial charge < -0.3 is 0 Å². The van der Waals surface area contributed by atoms with Crippen molar-refractivity contribution in [2.45, 2.75) is 26.1 Å². The van der Waals surface area contributed by atoms with Gasteiger partial charge in [0.25, 0.3) is 0 Å². The summed E-state index contributed by atoms with van der Waals surface area (Å²) < 4.78 is 41.3. The van der Waals surface area contributed by atoms with Crippen molar-refractivity contribution in [3.63, 3.8) is 0 Å². The van der Waals surface area contributed by atoms with E-state index < -0.39 is 23.5 Å². The van der Waals surface area contributed by atoms with E-state index in [9.17, 15) is 18.0 Å². The third kappa shape index (κ3) is 2.84. The largest absolute Gasteiger partial charge is 0.409 e. The molecule has 1 heterocycles. The second-order valence-corrected chi connectivity index (χ2v) is 6.96. The molecule has 0 spiro atoms. The molecule has 0 unspecified atom stereocenters. The highest BCUT2D eigenvalue weighted by Crippen LogP contribution is 2.44. The van der Waals surface area contributed by atoms with Crippen LogP contribution in [-0.4, -0.2) is 23.6 Å². The van der Waals surface area contributed by atoms with Crippen LogP contribution in [0.2, 0.25) is 5.02 Å². The second kappa shape index (κ2) is 5.63. The van der Waals surface area contributed by atoms with E-state index in [0.29, 0.717) is 5.39 Å². The lowest BCUT2D eigenvalue weighted by atomic mass is 9.93. The van der Waals surface area contributed by atoms with Crippen LogP contribution in [0.5, 0.6) is 0 Å². The number of hydrazine groups is 1. The van der Waals surface area contributed by atoms with Crippen molar-refractivity contribution < 1.29 is 18.0 Å². The lowest BCUT2D eigenvalue weighted by Crippen LogP contribution is -2.43. The van der Waals surface area contributed by atoms with E-state index in [-0.39, 0.29) is 17.1 Å². The van der Waals surface area contributed by atoms with Crippen LogP contribution in [0.15, 0.2) is 36.4 Å². The summed E-state index contributed by atoms with van der Waals surface area (Å²) in [5.41, 5.74) is 1.38. The molecule has 0 radical (unpaired) electrons. The van der Waals surface area contributed by atoms with E-state index in [4.69, 9.17) is 11.6 Å². The van der Waals surface area contributed by atoms with E-state index in [2.05, 4.69) is 5.43 Å². The number of rotatable bonds is 2. The molecule has 1 saturated heterocycles. The number of hydrogen-bond acceptors (Lipinski definition) is 2. The minimum atomic E-state index is -4.58. The molecule has 1 amide bonds. The van der Waals surface area contributed by atoms with Crippen molar-refractivity contribution in [3.8, 4) is 0 Å². The fourth-order valence-corrected chi connectivity index (χ4v) is 3.30. The van der Waals surface area contributed by atoms with Gasteiger partial charge in [0, 0.05) is 11.9 Å². The Morgan fingerprint density at radius 1 is 1.21 bits per heavy atom. The van der Waals surface area contributed by atoms with Crippen molar-refractivity contribution in [2.24, 2.45) is 5.41 Å². The zero-order valence-electron chi connectivity index (χ0n) is 13.1. The van der Waals surface area contributed by atoms with E-state index in [0.717, 1.165) is 10.4 Å². The Morgan fingerprint density at radius 2 is 1.88 bits per heavy atom. The number of nitrogens with one attached hydrogen (secondary N) is 1. The number of carbonyl (C=O) groups excluding carboxylic acids is 1. The van der Waals surface area contributed by atoms with Crippen LogP contribution < -0.4 is 5.43 Å². The number of fused-ring (bicyclic) bond motifs is 1. The summed E-state index contributed by atoms with van der Waals surface area (Å²) >= 11 is 6.29. The van der Waals surface area contributed by atoms with Crippen LogP contribution in [0, 0.1) is 5.41 Å². The van der Waals surface area contributed by atoms with Gasteiger partial charge in [0.2, 0.25) is 5.91 Å². The van der Waals surface area contributed by atoms with Gasteiger partial charge in [0.1, 0.15) is 0 Å². The normalized spacial score (nSPS) is 19.5. The Hall–Kier alpha value is -1.79. The molecule has 24 heavy (non-hydrogen) atoms. The highest BCUT2D eigenvalue weighted by Gasteiger charge is 2.51. The molecule has 3 nitrogen and oxygen atoms in total. The molecule has 2 aromatic rings. The maximum atomic E-state index is 13.8. The molecule has 2 aromatic carbocycles. The van der Waals surface area contributed by atoms with E-state index in [1.165, 1.54) is 6.07 Å². The highest BCUT2D eigenvalue weighted by atomic mass is 35.5. The molecule has 128 valence electrons. The number of alkyl halides is 3. The van der Waals surface area contributed by atoms with Crippen LogP contribution in [0.3, 0.4) is 0 Å². The maximum Gasteiger partial charge on any atom is 0.409 e. The zero-order valence-corrected chi connectivity index (χ0v) is 13.9. The maximum absolute atomic E-state index is 13.8.